The quantitative estimate of drug-likeness (QED) is 0.151. The van der Waals surface area contributed by atoms with Gasteiger partial charge in [0.25, 0.3) is 10.0 Å². The van der Waals surface area contributed by atoms with Gasteiger partial charge in [0.05, 0.1) is 46.0 Å². The van der Waals surface area contributed by atoms with E-state index in [0.717, 1.165) is 15.6 Å². The summed E-state index contributed by atoms with van der Waals surface area (Å²) in [6.45, 7) is 3.81. The minimum Gasteiger partial charge on any atom is -0.466 e. The zero-order valence-corrected chi connectivity index (χ0v) is 35.2. The van der Waals surface area contributed by atoms with Gasteiger partial charge in [0, 0.05) is 55.0 Å². The van der Waals surface area contributed by atoms with E-state index in [2.05, 4.69) is 5.10 Å². The Morgan fingerprint density at radius 2 is 1.77 bits per heavy atom. The van der Waals surface area contributed by atoms with Crippen molar-refractivity contribution in [2.45, 2.75) is 56.4 Å². The van der Waals surface area contributed by atoms with E-state index in [1.54, 1.807) is 44.3 Å². The number of fused-ring (bicyclic) bond motifs is 9. The van der Waals surface area contributed by atoms with Gasteiger partial charge >= 0.3 is 5.97 Å². The lowest BCUT2D eigenvalue weighted by molar-refractivity contribution is -0.143. The summed E-state index contributed by atoms with van der Waals surface area (Å²) in [5, 5.41) is 9.49. The Hall–Kier alpha value is -6.20. The average Bonchev–Trinajstić information content (AvgIpc) is 3.99. The highest BCUT2D eigenvalue weighted by Crippen LogP contribution is 2.40. The van der Waals surface area contributed by atoms with Crippen LogP contribution < -0.4 is 4.74 Å². The summed E-state index contributed by atoms with van der Waals surface area (Å²) < 4.78 is 103. The van der Waals surface area contributed by atoms with Crippen molar-refractivity contribution in [2.24, 2.45) is 7.05 Å². The Bertz CT molecular complexity index is 3020. The number of hydrogen-bond acceptors (Lipinski definition) is 10. The lowest BCUT2D eigenvalue weighted by Crippen LogP contribution is -2.30. The first-order valence-corrected chi connectivity index (χ1v) is 22.9. The van der Waals surface area contributed by atoms with Gasteiger partial charge in [-0.3, -0.25) is 9.48 Å². The smallest absolute Gasteiger partial charge is 0.306 e. The third-order valence-electron chi connectivity index (χ3n) is 11.1. The Balaban J connectivity index is 1.27. The van der Waals surface area contributed by atoms with Gasteiger partial charge in [-0.25, -0.2) is 39.3 Å². The Labute approximate surface area is 351 Å². The minimum atomic E-state index is -4.15. The Morgan fingerprint density at radius 1 is 0.967 bits per heavy atom. The molecule has 61 heavy (non-hydrogen) atoms. The molecule has 0 aliphatic carbocycles. The monoisotopic (exact) mass is 868 g/mol. The van der Waals surface area contributed by atoms with E-state index in [1.165, 1.54) is 52.1 Å². The predicted octanol–water partition coefficient (Wildman–Crippen LogP) is 7.15. The standard InChI is InChI=1S/C44H42F2N6O7S2/c1-4-58-40(53)16-13-29-9-8-10-30(25-29)44(2)19-23-60(54,55)24-22-51-31(17-20-47-51)26-35-34-18-21-52(61(56,57)33-11-6-5-7-12-33)39(34)28-38(46)41(35)59-32-14-15-37(45)36(27-32)42-48-43(44)49-50(42)3/h5-12,14-15,17-18,20-21,25,27-28H,4,13,16,19,22-24,26H2,1-3H3. The third kappa shape index (κ3) is 8.19. The molecule has 7 aromatic rings. The van der Waals surface area contributed by atoms with Gasteiger partial charge in [0.1, 0.15) is 11.6 Å². The number of ether oxygens (including phenoxy) is 2. The molecule has 0 N–H and O–H groups in total. The average molecular weight is 869 g/mol. The summed E-state index contributed by atoms with van der Waals surface area (Å²) in [5.41, 5.74) is 1.23. The van der Waals surface area contributed by atoms with Crippen molar-refractivity contribution in [1.29, 1.82) is 0 Å². The maximum absolute atomic E-state index is 16.6. The molecule has 0 spiro atoms. The second kappa shape index (κ2) is 16.3. The molecule has 0 fully saturated rings. The molecule has 0 amide bonds. The molecule has 8 rings (SSSR count). The van der Waals surface area contributed by atoms with Crippen LogP contribution in [0.4, 0.5) is 8.78 Å². The van der Waals surface area contributed by atoms with Crippen molar-refractivity contribution in [2.75, 3.05) is 18.1 Å². The van der Waals surface area contributed by atoms with Crippen LogP contribution in [0, 0.1) is 11.6 Å². The van der Waals surface area contributed by atoms with Crippen LogP contribution >= 0.6 is 0 Å². The molecule has 0 saturated heterocycles. The van der Waals surface area contributed by atoms with E-state index in [9.17, 15) is 21.6 Å². The number of aromatic nitrogens is 6. The fourth-order valence-corrected chi connectivity index (χ4v) is 10.4. The number of benzene rings is 4. The molecule has 17 heteroatoms. The molecule has 4 bridgehead atoms. The second-order valence-corrected chi connectivity index (χ2v) is 19.2. The van der Waals surface area contributed by atoms with Crippen molar-refractivity contribution >= 4 is 36.7 Å². The van der Waals surface area contributed by atoms with Crippen LogP contribution in [0.2, 0.25) is 0 Å². The molecule has 3 aromatic heterocycles. The third-order valence-corrected chi connectivity index (χ3v) is 14.4. The number of sulfone groups is 1. The normalized spacial score (nSPS) is 16.8. The van der Waals surface area contributed by atoms with Crippen LogP contribution in [0.15, 0.2) is 108 Å². The number of nitrogens with zero attached hydrogens (tertiary/aromatic N) is 6. The maximum atomic E-state index is 16.6. The van der Waals surface area contributed by atoms with Gasteiger partial charge < -0.3 is 9.47 Å². The maximum Gasteiger partial charge on any atom is 0.306 e. The van der Waals surface area contributed by atoms with Gasteiger partial charge in [-0.2, -0.15) is 10.2 Å². The van der Waals surface area contributed by atoms with Gasteiger partial charge in [-0.15, -0.1) is 0 Å². The fraction of sp³-hybridized carbons (Fsp3) is 0.273. The first kappa shape index (κ1) is 41.5. The summed E-state index contributed by atoms with van der Waals surface area (Å²) in [6, 6.07) is 23.4. The number of esters is 1. The van der Waals surface area contributed by atoms with E-state index in [4.69, 9.17) is 19.6 Å². The lowest BCUT2D eigenvalue weighted by atomic mass is 9.78. The first-order chi connectivity index (χ1) is 29.2. The zero-order chi connectivity index (χ0) is 43.1. The summed E-state index contributed by atoms with van der Waals surface area (Å²) in [5.74, 6) is -2.28. The SMILES string of the molecule is CCOC(=O)CCc1cccc(C2(C)CCS(=O)(=O)CCn3nccc3Cc3c(c(F)cc4c3ccn4S(=O)(=O)c3ccccc3)Oc3ccc(F)c(c3)-c3nc2nn3C)c1. The number of rotatable bonds is 7. The lowest BCUT2D eigenvalue weighted by Gasteiger charge is -2.28. The number of carbonyl (C=O) groups is 1. The number of carbonyl (C=O) groups excluding carboxylic acids is 1. The van der Waals surface area contributed by atoms with E-state index in [0.29, 0.717) is 23.1 Å². The topological polar surface area (TPSA) is 157 Å². The van der Waals surface area contributed by atoms with E-state index in [-0.39, 0.29) is 94.6 Å². The van der Waals surface area contributed by atoms with Gasteiger partial charge in [-0.1, -0.05) is 42.5 Å². The fourth-order valence-electron chi connectivity index (χ4n) is 7.70. The highest BCUT2D eigenvalue weighted by atomic mass is 32.2. The molecule has 4 aromatic carbocycles. The van der Waals surface area contributed by atoms with E-state index < -0.39 is 36.9 Å². The molecule has 4 heterocycles. The molecule has 1 aliphatic heterocycles. The molecular formula is C44H42F2N6O7S2. The summed E-state index contributed by atoms with van der Waals surface area (Å²) in [7, 11) is -6.33. The molecule has 13 nitrogen and oxygen atoms in total. The molecule has 316 valence electrons. The van der Waals surface area contributed by atoms with Crippen molar-refractivity contribution < 1.29 is 39.9 Å². The van der Waals surface area contributed by atoms with Gasteiger partial charge in [0.2, 0.25) is 0 Å². The van der Waals surface area contributed by atoms with Crippen LogP contribution in [0.5, 0.6) is 11.5 Å². The van der Waals surface area contributed by atoms with Crippen molar-refractivity contribution in [3.63, 3.8) is 0 Å². The molecule has 1 aliphatic rings. The zero-order valence-electron chi connectivity index (χ0n) is 33.6. The van der Waals surface area contributed by atoms with Crippen molar-refractivity contribution in [1.82, 2.24) is 28.5 Å². The first-order valence-electron chi connectivity index (χ1n) is 19.7. The molecule has 1 atom stereocenters. The van der Waals surface area contributed by atoms with Crippen LogP contribution in [0.25, 0.3) is 22.3 Å². The van der Waals surface area contributed by atoms with E-state index in [1.807, 2.05) is 31.2 Å². The van der Waals surface area contributed by atoms with Gasteiger partial charge in [0.15, 0.2) is 33.1 Å². The predicted molar refractivity (Wildman–Crippen MR) is 224 cm³/mol. The highest BCUT2D eigenvalue weighted by Gasteiger charge is 2.36. The van der Waals surface area contributed by atoms with E-state index >= 15 is 8.78 Å². The molecule has 0 radical (unpaired) electrons. The van der Waals surface area contributed by atoms with Crippen LogP contribution in [0.3, 0.4) is 0 Å². The Kier molecular flexibility index (Phi) is 11.1. The summed E-state index contributed by atoms with van der Waals surface area (Å²) >= 11 is 0. The number of aryl methyl sites for hydroxylation is 3. The number of hydrogen-bond donors (Lipinski definition) is 0. The molecule has 1 unspecified atom stereocenters. The second-order valence-electron chi connectivity index (χ2n) is 15.1. The molecule has 0 saturated carbocycles. The van der Waals surface area contributed by atoms with Crippen LogP contribution in [0.1, 0.15) is 54.9 Å². The summed E-state index contributed by atoms with van der Waals surface area (Å²) in [4.78, 5) is 17.0. The molecular weight excluding hydrogens is 827 g/mol. The Morgan fingerprint density at radius 3 is 2.56 bits per heavy atom. The largest absolute Gasteiger partial charge is 0.466 e. The van der Waals surface area contributed by atoms with Gasteiger partial charge in [-0.05, 0) is 80.3 Å². The number of halogens is 2. The summed E-state index contributed by atoms with van der Waals surface area (Å²) in [6.07, 6.45) is 3.42. The highest BCUT2D eigenvalue weighted by molar-refractivity contribution is 7.91. The van der Waals surface area contributed by atoms with Crippen molar-refractivity contribution in [3.8, 4) is 22.9 Å². The van der Waals surface area contributed by atoms with Crippen LogP contribution in [-0.4, -0.2) is 69.4 Å². The van der Waals surface area contributed by atoms with Crippen LogP contribution in [-0.2, 0) is 61.2 Å². The van der Waals surface area contributed by atoms with Crippen molar-refractivity contribution in [3.05, 3.63) is 143 Å². The minimum absolute atomic E-state index is 0.00729.